The third kappa shape index (κ3) is 4.26. The number of alkyl halides is 3. The minimum absolute atomic E-state index is 0.0470. The van der Waals surface area contributed by atoms with Gasteiger partial charge in [-0.25, -0.2) is 4.79 Å². The van der Waals surface area contributed by atoms with Gasteiger partial charge in [0, 0.05) is 13.2 Å². The zero-order valence-electron chi connectivity index (χ0n) is 15.7. The van der Waals surface area contributed by atoms with Crippen LogP contribution in [0.3, 0.4) is 0 Å². The van der Waals surface area contributed by atoms with E-state index in [1.165, 1.54) is 7.05 Å². The predicted octanol–water partition coefficient (Wildman–Crippen LogP) is 1.05. The Balaban J connectivity index is 1.89. The Morgan fingerprint density at radius 3 is 2.47 bits per heavy atom. The fraction of sp³-hybridized carbons (Fsp3) is 0.222. The monoisotopic (exact) mass is 422 g/mol. The second-order valence-electron chi connectivity index (χ2n) is 6.41. The van der Waals surface area contributed by atoms with E-state index in [9.17, 15) is 27.6 Å². The van der Waals surface area contributed by atoms with Gasteiger partial charge in [-0.2, -0.15) is 18.3 Å². The van der Waals surface area contributed by atoms with E-state index in [1.807, 2.05) is 0 Å². The molecule has 0 aliphatic carbocycles. The SMILES string of the molecule is CN(C(=O)Cn1ccc(C(F)(F)F)n1)c1c(N)n(Cc2ccccc2)c(=O)[nH]c1=O. The van der Waals surface area contributed by atoms with Crippen molar-refractivity contribution in [1.29, 1.82) is 0 Å². The smallest absolute Gasteiger partial charge is 0.383 e. The first kappa shape index (κ1) is 20.9. The number of nitrogens with two attached hydrogens (primary N) is 1. The lowest BCUT2D eigenvalue weighted by Gasteiger charge is -2.20. The van der Waals surface area contributed by atoms with E-state index in [4.69, 9.17) is 5.73 Å². The summed E-state index contributed by atoms with van der Waals surface area (Å²) in [5.74, 6) is -1.01. The van der Waals surface area contributed by atoms with Crippen molar-refractivity contribution in [3.63, 3.8) is 0 Å². The summed E-state index contributed by atoms with van der Waals surface area (Å²) >= 11 is 0. The third-order valence-corrected chi connectivity index (χ3v) is 4.34. The van der Waals surface area contributed by atoms with E-state index in [2.05, 4.69) is 10.1 Å². The molecule has 0 radical (unpaired) electrons. The molecular weight excluding hydrogens is 405 g/mol. The van der Waals surface area contributed by atoms with E-state index in [1.54, 1.807) is 30.3 Å². The molecule has 9 nitrogen and oxygen atoms in total. The molecule has 0 bridgehead atoms. The maximum atomic E-state index is 12.7. The van der Waals surface area contributed by atoms with Crippen molar-refractivity contribution < 1.29 is 18.0 Å². The van der Waals surface area contributed by atoms with Crippen molar-refractivity contribution in [2.45, 2.75) is 19.3 Å². The highest BCUT2D eigenvalue weighted by molar-refractivity contribution is 5.94. The number of carbonyl (C=O) groups is 1. The maximum absolute atomic E-state index is 12.7. The fourth-order valence-electron chi connectivity index (χ4n) is 2.79. The number of anilines is 2. The van der Waals surface area contributed by atoms with Gasteiger partial charge in [-0.05, 0) is 11.6 Å². The number of carbonyl (C=O) groups excluding carboxylic acids is 1. The lowest BCUT2D eigenvalue weighted by molar-refractivity contribution is -0.141. The van der Waals surface area contributed by atoms with Crippen LogP contribution in [0.5, 0.6) is 0 Å². The predicted molar refractivity (Wildman–Crippen MR) is 102 cm³/mol. The molecule has 3 rings (SSSR count). The molecule has 2 heterocycles. The molecule has 3 N–H and O–H groups in total. The topological polar surface area (TPSA) is 119 Å². The van der Waals surface area contributed by atoms with Gasteiger partial charge in [0.05, 0.1) is 6.54 Å². The van der Waals surface area contributed by atoms with Crippen molar-refractivity contribution >= 4 is 17.4 Å². The second kappa shape index (κ2) is 7.89. The van der Waals surface area contributed by atoms with Gasteiger partial charge in [0.15, 0.2) is 11.4 Å². The summed E-state index contributed by atoms with van der Waals surface area (Å²) < 4.78 is 39.9. The molecule has 30 heavy (non-hydrogen) atoms. The summed E-state index contributed by atoms with van der Waals surface area (Å²) in [6, 6.07) is 9.55. The minimum atomic E-state index is -4.64. The highest BCUT2D eigenvalue weighted by Crippen LogP contribution is 2.27. The first-order valence-corrected chi connectivity index (χ1v) is 8.61. The Kier molecular flexibility index (Phi) is 5.49. The number of H-pyrrole nitrogens is 1. The van der Waals surface area contributed by atoms with Crippen LogP contribution in [0.15, 0.2) is 52.2 Å². The van der Waals surface area contributed by atoms with Crippen molar-refractivity contribution in [3.05, 3.63) is 74.7 Å². The summed E-state index contributed by atoms with van der Waals surface area (Å²) in [4.78, 5) is 40.0. The van der Waals surface area contributed by atoms with Crippen LogP contribution in [0.4, 0.5) is 24.7 Å². The van der Waals surface area contributed by atoms with Crippen LogP contribution >= 0.6 is 0 Å². The molecule has 2 aromatic heterocycles. The van der Waals surface area contributed by atoms with E-state index in [-0.39, 0.29) is 18.1 Å². The number of amides is 1. The number of nitrogens with zero attached hydrogens (tertiary/aromatic N) is 4. The number of nitrogen functional groups attached to an aromatic ring is 1. The number of rotatable bonds is 5. The van der Waals surface area contributed by atoms with Crippen molar-refractivity contribution in [3.8, 4) is 0 Å². The molecule has 0 aliphatic rings. The van der Waals surface area contributed by atoms with Crippen LogP contribution in [-0.4, -0.2) is 32.3 Å². The van der Waals surface area contributed by atoms with Gasteiger partial charge < -0.3 is 10.6 Å². The number of hydrogen-bond donors (Lipinski definition) is 2. The van der Waals surface area contributed by atoms with Crippen molar-refractivity contribution in [2.24, 2.45) is 0 Å². The highest BCUT2D eigenvalue weighted by Gasteiger charge is 2.33. The molecule has 0 spiro atoms. The molecule has 0 unspecified atom stereocenters. The number of hydrogen-bond acceptors (Lipinski definition) is 5. The van der Waals surface area contributed by atoms with E-state index < -0.39 is 35.6 Å². The summed E-state index contributed by atoms with van der Waals surface area (Å²) in [5.41, 5.74) is 3.64. The third-order valence-electron chi connectivity index (χ3n) is 4.34. The molecule has 3 aromatic rings. The molecule has 0 atom stereocenters. The summed E-state index contributed by atoms with van der Waals surface area (Å²) in [6.45, 7) is -0.519. The molecule has 158 valence electrons. The van der Waals surface area contributed by atoms with E-state index in [0.29, 0.717) is 0 Å². The zero-order valence-corrected chi connectivity index (χ0v) is 15.7. The number of aromatic nitrogens is 4. The van der Waals surface area contributed by atoms with Gasteiger partial charge in [0.25, 0.3) is 5.56 Å². The Labute approximate surface area is 167 Å². The summed E-state index contributed by atoms with van der Waals surface area (Å²) in [5, 5.41) is 3.30. The number of nitrogens with one attached hydrogen (secondary N) is 1. The number of halogens is 3. The standard InChI is InChI=1S/C18H17F3N6O3/c1-25(13(28)10-26-8-7-12(24-26)18(19,20)21)14-15(22)27(17(30)23-16(14)29)9-11-5-3-2-4-6-11/h2-8H,9-10,22H2,1H3,(H,23,29,30). The Bertz CT molecular complexity index is 1180. The van der Waals surface area contributed by atoms with Crippen LogP contribution in [0.1, 0.15) is 11.3 Å². The maximum Gasteiger partial charge on any atom is 0.435 e. The lowest BCUT2D eigenvalue weighted by atomic mass is 10.2. The van der Waals surface area contributed by atoms with Crippen molar-refractivity contribution in [2.75, 3.05) is 17.7 Å². The molecule has 1 aromatic carbocycles. The first-order chi connectivity index (χ1) is 14.1. The Morgan fingerprint density at radius 2 is 1.87 bits per heavy atom. The quantitative estimate of drug-likeness (QED) is 0.637. The van der Waals surface area contributed by atoms with Crippen LogP contribution in [-0.2, 0) is 24.1 Å². The largest absolute Gasteiger partial charge is 0.435 e. The van der Waals surface area contributed by atoms with E-state index in [0.717, 1.165) is 32.0 Å². The lowest BCUT2D eigenvalue weighted by Crippen LogP contribution is -2.40. The zero-order chi connectivity index (χ0) is 22.1. The summed E-state index contributed by atoms with van der Waals surface area (Å²) in [6.07, 6.45) is -3.65. The molecule has 12 heteroatoms. The van der Waals surface area contributed by atoms with Gasteiger partial charge in [0.2, 0.25) is 5.91 Å². The van der Waals surface area contributed by atoms with Gasteiger partial charge >= 0.3 is 11.9 Å². The first-order valence-electron chi connectivity index (χ1n) is 8.61. The van der Waals surface area contributed by atoms with Gasteiger partial charge in [-0.3, -0.25) is 23.8 Å². The van der Waals surface area contributed by atoms with Crippen LogP contribution in [0.2, 0.25) is 0 Å². The minimum Gasteiger partial charge on any atom is -0.383 e. The molecule has 0 fully saturated rings. The fourth-order valence-corrected chi connectivity index (χ4v) is 2.79. The van der Waals surface area contributed by atoms with Crippen molar-refractivity contribution in [1.82, 2.24) is 19.3 Å². The number of benzene rings is 1. The van der Waals surface area contributed by atoms with Gasteiger partial charge in [-0.1, -0.05) is 30.3 Å². The normalized spacial score (nSPS) is 11.5. The second-order valence-corrected chi connectivity index (χ2v) is 6.41. The Morgan fingerprint density at radius 1 is 1.20 bits per heavy atom. The van der Waals surface area contributed by atoms with Crippen LogP contribution < -0.4 is 21.9 Å². The average Bonchev–Trinajstić information content (AvgIpc) is 3.14. The van der Waals surface area contributed by atoms with E-state index >= 15 is 0 Å². The molecule has 0 saturated heterocycles. The van der Waals surface area contributed by atoms with Crippen LogP contribution in [0.25, 0.3) is 0 Å². The molecule has 1 amide bonds. The number of aromatic amines is 1. The number of likely N-dealkylation sites (N-methyl/N-ethyl adjacent to an activating group) is 1. The van der Waals surface area contributed by atoms with Gasteiger partial charge in [0.1, 0.15) is 12.4 Å². The highest BCUT2D eigenvalue weighted by atomic mass is 19.4. The average molecular weight is 422 g/mol. The van der Waals surface area contributed by atoms with Gasteiger partial charge in [-0.15, -0.1) is 0 Å². The molecule has 0 saturated carbocycles. The molecule has 0 aliphatic heterocycles. The Hall–Kier alpha value is -3.83. The summed E-state index contributed by atoms with van der Waals surface area (Å²) in [7, 11) is 1.23. The van der Waals surface area contributed by atoms with Crippen LogP contribution in [0, 0.1) is 0 Å². The molecular formula is C18H17F3N6O3.